The van der Waals surface area contributed by atoms with Gasteiger partial charge >= 0.3 is 0 Å². The van der Waals surface area contributed by atoms with Crippen molar-refractivity contribution in [3.63, 3.8) is 0 Å². The second-order valence-electron chi connectivity index (χ2n) is 5.68. The lowest BCUT2D eigenvalue weighted by atomic mass is 9.82. The van der Waals surface area contributed by atoms with Crippen molar-refractivity contribution in [2.45, 2.75) is 32.2 Å². The highest BCUT2D eigenvalue weighted by molar-refractivity contribution is 5.78. The minimum absolute atomic E-state index is 0.161. The van der Waals surface area contributed by atoms with Crippen molar-refractivity contribution >= 4 is 0 Å². The Bertz CT molecular complexity index is 582. The highest BCUT2D eigenvalue weighted by Crippen LogP contribution is 2.49. The van der Waals surface area contributed by atoms with Crippen LogP contribution in [-0.2, 0) is 18.4 Å². The summed E-state index contributed by atoms with van der Waals surface area (Å²) in [6.45, 7) is 5.81. The molecule has 0 spiro atoms. The Morgan fingerprint density at radius 1 is 1.06 bits per heavy atom. The van der Waals surface area contributed by atoms with Crippen molar-refractivity contribution in [3.05, 3.63) is 53.2 Å². The molecular weight excluding hydrogens is 206 g/mol. The van der Waals surface area contributed by atoms with Gasteiger partial charge in [-0.1, -0.05) is 32.0 Å². The number of hydrogen-bond acceptors (Lipinski definition) is 0. The fourth-order valence-corrected chi connectivity index (χ4v) is 3.52. The molecule has 1 nitrogen and oxygen atoms in total. The van der Waals surface area contributed by atoms with Crippen LogP contribution >= 0.6 is 0 Å². The summed E-state index contributed by atoms with van der Waals surface area (Å²) < 4.78 is 2.43. The summed E-state index contributed by atoms with van der Waals surface area (Å²) in [5.74, 6) is 0. The van der Waals surface area contributed by atoms with Crippen LogP contribution in [0.15, 0.2) is 36.5 Å². The van der Waals surface area contributed by atoms with Crippen molar-refractivity contribution in [2.75, 3.05) is 0 Å². The standard InChI is InChI=1S/C16H16N/c1-16(2)12-6-3-5-11-8-10-17-9-4-7-13(16)15(17)14(11)12/h3-7,9H,8,10H2,1-2H3/q+1. The van der Waals surface area contributed by atoms with E-state index in [1.807, 2.05) is 0 Å². The second kappa shape index (κ2) is 2.79. The molecule has 4 rings (SSSR count). The maximum atomic E-state index is 2.43. The number of nitrogens with zero attached hydrogens (tertiary/aromatic N) is 1. The molecule has 0 bridgehead atoms. The zero-order valence-electron chi connectivity index (χ0n) is 10.3. The minimum Gasteiger partial charge on any atom is -0.198 e. The van der Waals surface area contributed by atoms with Crippen molar-refractivity contribution in [2.24, 2.45) is 0 Å². The Labute approximate surface area is 102 Å². The smallest absolute Gasteiger partial charge is 0.198 e. The Balaban J connectivity index is 2.23. The van der Waals surface area contributed by atoms with Crippen LogP contribution in [0.5, 0.6) is 0 Å². The summed E-state index contributed by atoms with van der Waals surface area (Å²) in [5, 5.41) is 0. The Kier molecular flexibility index (Phi) is 1.54. The van der Waals surface area contributed by atoms with Gasteiger partial charge in [0.2, 0.25) is 5.69 Å². The van der Waals surface area contributed by atoms with E-state index in [4.69, 9.17) is 0 Å². The van der Waals surface area contributed by atoms with Gasteiger partial charge in [-0.25, -0.2) is 0 Å². The number of benzene rings is 1. The van der Waals surface area contributed by atoms with Gasteiger partial charge in [0.05, 0.1) is 5.56 Å². The number of rotatable bonds is 0. The predicted molar refractivity (Wildman–Crippen MR) is 67.9 cm³/mol. The average molecular weight is 222 g/mol. The van der Waals surface area contributed by atoms with Gasteiger partial charge in [-0.3, -0.25) is 0 Å². The molecule has 84 valence electrons. The lowest BCUT2D eigenvalue weighted by molar-refractivity contribution is -0.687. The second-order valence-corrected chi connectivity index (χ2v) is 5.68. The van der Waals surface area contributed by atoms with E-state index in [0.29, 0.717) is 0 Å². The Morgan fingerprint density at radius 2 is 1.88 bits per heavy atom. The minimum atomic E-state index is 0.161. The third-order valence-electron chi connectivity index (χ3n) is 4.43. The molecule has 1 aliphatic carbocycles. The third-order valence-corrected chi connectivity index (χ3v) is 4.43. The maximum absolute atomic E-state index is 2.43. The molecule has 2 heterocycles. The van der Waals surface area contributed by atoms with Crippen LogP contribution in [0, 0.1) is 0 Å². The van der Waals surface area contributed by atoms with Crippen LogP contribution in [0.1, 0.15) is 30.5 Å². The van der Waals surface area contributed by atoms with E-state index in [2.05, 4.69) is 54.9 Å². The molecule has 0 amide bonds. The van der Waals surface area contributed by atoms with Gasteiger partial charge in [-0.2, -0.15) is 4.57 Å². The predicted octanol–water partition coefficient (Wildman–Crippen LogP) is 2.84. The number of pyridine rings is 1. The molecule has 2 aliphatic rings. The quantitative estimate of drug-likeness (QED) is 0.603. The molecule has 2 aromatic rings. The zero-order chi connectivity index (χ0) is 11.6. The van der Waals surface area contributed by atoms with Gasteiger partial charge < -0.3 is 0 Å². The van der Waals surface area contributed by atoms with Gasteiger partial charge in [0, 0.05) is 23.5 Å². The van der Waals surface area contributed by atoms with Crippen LogP contribution in [0.4, 0.5) is 0 Å². The molecule has 0 saturated carbocycles. The van der Waals surface area contributed by atoms with Crippen LogP contribution in [-0.4, -0.2) is 0 Å². The SMILES string of the molecule is CC1(C)c2cccc3c2-c2c1ccc[n+]2CC3. The zero-order valence-corrected chi connectivity index (χ0v) is 10.3. The number of aryl methyl sites for hydroxylation is 2. The molecule has 0 N–H and O–H groups in total. The summed E-state index contributed by atoms with van der Waals surface area (Å²) in [6, 6.07) is 11.3. The molecule has 1 heteroatoms. The van der Waals surface area contributed by atoms with E-state index >= 15 is 0 Å². The van der Waals surface area contributed by atoms with E-state index in [1.165, 1.54) is 34.4 Å². The normalized spacial score (nSPS) is 18.0. The van der Waals surface area contributed by atoms with Crippen molar-refractivity contribution < 1.29 is 4.57 Å². The first-order valence-electron chi connectivity index (χ1n) is 6.35. The highest BCUT2D eigenvalue weighted by Gasteiger charge is 2.43. The largest absolute Gasteiger partial charge is 0.217 e. The molecular formula is C16H16N+. The summed E-state index contributed by atoms with van der Waals surface area (Å²) in [6.07, 6.45) is 3.39. The summed E-state index contributed by atoms with van der Waals surface area (Å²) in [5.41, 5.74) is 7.66. The fraction of sp³-hybridized carbons (Fsp3) is 0.312. The number of aromatic nitrogens is 1. The lowest BCUT2D eigenvalue weighted by Crippen LogP contribution is -2.40. The molecule has 0 radical (unpaired) electrons. The molecule has 17 heavy (non-hydrogen) atoms. The Hall–Kier alpha value is -1.63. The molecule has 1 aromatic heterocycles. The van der Waals surface area contributed by atoms with Gasteiger partial charge in [0.1, 0.15) is 0 Å². The van der Waals surface area contributed by atoms with Crippen LogP contribution in [0.3, 0.4) is 0 Å². The molecule has 1 aromatic carbocycles. The van der Waals surface area contributed by atoms with E-state index in [1.54, 1.807) is 0 Å². The molecule has 0 unspecified atom stereocenters. The van der Waals surface area contributed by atoms with E-state index in [9.17, 15) is 0 Å². The maximum Gasteiger partial charge on any atom is 0.217 e. The highest BCUT2D eigenvalue weighted by atomic mass is 15.0. The Morgan fingerprint density at radius 3 is 2.76 bits per heavy atom. The summed E-state index contributed by atoms with van der Waals surface area (Å²) >= 11 is 0. The summed E-state index contributed by atoms with van der Waals surface area (Å²) in [7, 11) is 0. The van der Waals surface area contributed by atoms with Gasteiger partial charge in [-0.15, -0.1) is 0 Å². The number of hydrogen-bond donors (Lipinski definition) is 0. The van der Waals surface area contributed by atoms with Crippen LogP contribution < -0.4 is 4.57 Å². The lowest BCUT2D eigenvalue weighted by Gasteiger charge is -2.19. The van der Waals surface area contributed by atoms with Gasteiger partial charge in [-0.05, 0) is 17.2 Å². The summed E-state index contributed by atoms with van der Waals surface area (Å²) in [4.78, 5) is 0. The van der Waals surface area contributed by atoms with E-state index < -0.39 is 0 Å². The molecule has 0 fully saturated rings. The third kappa shape index (κ3) is 0.980. The van der Waals surface area contributed by atoms with Crippen LogP contribution in [0.2, 0.25) is 0 Å². The topological polar surface area (TPSA) is 3.88 Å². The first kappa shape index (κ1) is 9.41. The monoisotopic (exact) mass is 222 g/mol. The molecule has 0 saturated heterocycles. The van der Waals surface area contributed by atoms with Gasteiger partial charge in [0.25, 0.3) is 0 Å². The van der Waals surface area contributed by atoms with Crippen molar-refractivity contribution in [1.29, 1.82) is 0 Å². The van der Waals surface area contributed by atoms with Gasteiger partial charge in [0.15, 0.2) is 12.7 Å². The van der Waals surface area contributed by atoms with Crippen molar-refractivity contribution in [1.82, 2.24) is 0 Å². The van der Waals surface area contributed by atoms with Crippen LogP contribution in [0.25, 0.3) is 11.3 Å². The van der Waals surface area contributed by atoms with Crippen molar-refractivity contribution in [3.8, 4) is 11.3 Å². The first-order chi connectivity index (χ1) is 8.19. The average Bonchev–Trinajstić information content (AvgIpc) is 2.59. The van der Waals surface area contributed by atoms with E-state index in [0.717, 1.165) is 6.54 Å². The van der Waals surface area contributed by atoms with E-state index in [-0.39, 0.29) is 5.41 Å². The molecule has 1 aliphatic heterocycles. The molecule has 0 atom stereocenters. The first-order valence-corrected chi connectivity index (χ1v) is 6.35. The fourth-order valence-electron chi connectivity index (χ4n) is 3.52.